The van der Waals surface area contributed by atoms with E-state index in [1.54, 1.807) is 30.3 Å². The van der Waals surface area contributed by atoms with Crippen molar-refractivity contribution in [3.8, 4) is 5.75 Å². The van der Waals surface area contributed by atoms with E-state index in [9.17, 15) is 9.59 Å². The molecule has 0 aromatic heterocycles. The molecule has 27 heavy (non-hydrogen) atoms. The van der Waals surface area contributed by atoms with Gasteiger partial charge in [-0.1, -0.05) is 29.3 Å². The van der Waals surface area contributed by atoms with Gasteiger partial charge in [0.1, 0.15) is 5.75 Å². The van der Waals surface area contributed by atoms with Crippen LogP contribution in [0.4, 0.5) is 11.4 Å². The van der Waals surface area contributed by atoms with Gasteiger partial charge in [-0.3, -0.25) is 9.59 Å². The largest absolute Gasteiger partial charge is 0.495 e. The van der Waals surface area contributed by atoms with Gasteiger partial charge in [-0.15, -0.1) is 0 Å². The van der Waals surface area contributed by atoms with Crippen LogP contribution in [0.15, 0.2) is 36.4 Å². The maximum Gasteiger partial charge on any atom is 0.238 e. The summed E-state index contributed by atoms with van der Waals surface area (Å²) in [4.78, 5) is 23.5. The van der Waals surface area contributed by atoms with E-state index in [4.69, 9.17) is 27.9 Å². The summed E-state index contributed by atoms with van der Waals surface area (Å²) in [6, 6.07) is 10.2. The Labute approximate surface area is 168 Å². The van der Waals surface area contributed by atoms with E-state index in [2.05, 4.69) is 16.0 Å². The fourth-order valence-electron chi connectivity index (χ4n) is 2.43. The molecule has 0 radical (unpaired) electrons. The van der Waals surface area contributed by atoms with Gasteiger partial charge in [0, 0.05) is 18.7 Å². The molecule has 144 valence electrons. The summed E-state index contributed by atoms with van der Waals surface area (Å²) >= 11 is 12.0. The molecule has 1 atom stereocenters. The minimum Gasteiger partial charge on any atom is -0.495 e. The van der Waals surface area contributed by atoms with Crippen molar-refractivity contribution < 1.29 is 14.3 Å². The van der Waals surface area contributed by atoms with Crippen LogP contribution in [0.25, 0.3) is 0 Å². The van der Waals surface area contributed by atoms with Gasteiger partial charge in [-0.2, -0.15) is 0 Å². The van der Waals surface area contributed by atoms with Gasteiger partial charge in [0.15, 0.2) is 0 Å². The predicted molar refractivity (Wildman–Crippen MR) is 109 cm³/mol. The first-order chi connectivity index (χ1) is 12.8. The van der Waals surface area contributed by atoms with Crippen LogP contribution in [-0.4, -0.2) is 25.5 Å². The normalized spacial score (nSPS) is 11.6. The molecule has 0 aliphatic carbocycles. The molecule has 0 heterocycles. The fourth-order valence-corrected chi connectivity index (χ4v) is 2.73. The first-order valence-electron chi connectivity index (χ1n) is 8.24. The van der Waals surface area contributed by atoms with Crippen LogP contribution in [0.1, 0.15) is 25.5 Å². The van der Waals surface area contributed by atoms with Crippen molar-refractivity contribution in [2.45, 2.75) is 19.9 Å². The average molecular weight is 410 g/mol. The summed E-state index contributed by atoms with van der Waals surface area (Å²) in [6.45, 7) is 3.41. The molecular formula is C19H21Cl2N3O3. The lowest BCUT2D eigenvalue weighted by molar-refractivity contribution is -0.115. The maximum absolute atomic E-state index is 12.3. The van der Waals surface area contributed by atoms with Crippen molar-refractivity contribution in [2.24, 2.45) is 0 Å². The lowest BCUT2D eigenvalue weighted by Crippen LogP contribution is -2.30. The molecular weight excluding hydrogens is 389 g/mol. The zero-order valence-electron chi connectivity index (χ0n) is 15.2. The van der Waals surface area contributed by atoms with Crippen LogP contribution in [0.2, 0.25) is 10.0 Å². The monoisotopic (exact) mass is 409 g/mol. The predicted octanol–water partition coefficient (Wildman–Crippen LogP) is 4.25. The van der Waals surface area contributed by atoms with Crippen LogP contribution in [0, 0.1) is 0 Å². The van der Waals surface area contributed by atoms with E-state index >= 15 is 0 Å². The second kappa shape index (κ2) is 9.60. The fraction of sp³-hybridized carbons (Fsp3) is 0.263. The second-order valence-corrected chi connectivity index (χ2v) is 6.73. The Morgan fingerprint density at radius 1 is 1.07 bits per heavy atom. The third-order valence-electron chi connectivity index (χ3n) is 3.81. The lowest BCUT2D eigenvalue weighted by atomic mass is 10.1. The molecule has 1 unspecified atom stereocenters. The summed E-state index contributed by atoms with van der Waals surface area (Å²) in [5.41, 5.74) is 1.95. The summed E-state index contributed by atoms with van der Waals surface area (Å²) in [5.74, 6) is 0.0460. The van der Waals surface area contributed by atoms with Gasteiger partial charge in [-0.25, -0.2) is 0 Å². The summed E-state index contributed by atoms with van der Waals surface area (Å²) in [7, 11) is 1.51. The van der Waals surface area contributed by atoms with E-state index in [1.807, 2.05) is 13.0 Å². The number of hydrogen-bond acceptors (Lipinski definition) is 4. The molecule has 6 nitrogen and oxygen atoms in total. The number of anilines is 2. The van der Waals surface area contributed by atoms with Crippen molar-refractivity contribution in [3.63, 3.8) is 0 Å². The van der Waals surface area contributed by atoms with Gasteiger partial charge in [0.05, 0.1) is 29.4 Å². The first kappa shape index (κ1) is 21.0. The minimum atomic E-state index is -0.250. The molecule has 0 aliphatic rings. The molecule has 0 aliphatic heterocycles. The maximum atomic E-state index is 12.3. The van der Waals surface area contributed by atoms with Crippen LogP contribution in [0.3, 0.4) is 0 Å². The number of amides is 2. The summed E-state index contributed by atoms with van der Waals surface area (Å²) in [5, 5.41) is 9.52. The highest BCUT2D eigenvalue weighted by Gasteiger charge is 2.12. The number of rotatable bonds is 7. The third kappa shape index (κ3) is 6.13. The zero-order valence-corrected chi connectivity index (χ0v) is 16.7. The Balaban J connectivity index is 2.00. The van der Waals surface area contributed by atoms with Crippen LogP contribution >= 0.6 is 23.2 Å². The number of benzene rings is 2. The molecule has 0 spiro atoms. The van der Waals surface area contributed by atoms with Crippen LogP contribution in [-0.2, 0) is 9.59 Å². The van der Waals surface area contributed by atoms with Crippen LogP contribution in [0.5, 0.6) is 5.75 Å². The average Bonchev–Trinajstić information content (AvgIpc) is 2.61. The van der Waals surface area contributed by atoms with Gasteiger partial charge < -0.3 is 20.7 Å². The molecule has 3 N–H and O–H groups in total. The standard InChI is InChI=1S/C19H21Cl2N3O3/c1-11(13-4-6-15(20)16(21)8-13)22-10-19(26)24-17-9-14(23-12(2)25)5-7-18(17)27-3/h4-9,11,22H,10H2,1-3H3,(H,23,25)(H,24,26). The highest BCUT2D eigenvalue weighted by molar-refractivity contribution is 6.42. The Morgan fingerprint density at radius 2 is 1.81 bits per heavy atom. The Kier molecular flexibility index (Phi) is 7.47. The lowest BCUT2D eigenvalue weighted by Gasteiger charge is -2.16. The highest BCUT2D eigenvalue weighted by atomic mass is 35.5. The number of hydrogen-bond donors (Lipinski definition) is 3. The van der Waals surface area contributed by atoms with Crippen LogP contribution < -0.4 is 20.7 Å². The summed E-state index contributed by atoms with van der Waals surface area (Å²) < 4.78 is 5.25. The minimum absolute atomic E-state index is 0.0783. The number of carbonyl (C=O) groups is 2. The highest BCUT2D eigenvalue weighted by Crippen LogP contribution is 2.28. The van der Waals surface area contributed by atoms with Gasteiger partial charge in [0.2, 0.25) is 11.8 Å². The zero-order chi connectivity index (χ0) is 20.0. The van der Waals surface area contributed by atoms with Crippen molar-refractivity contribution in [3.05, 3.63) is 52.0 Å². The molecule has 2 aromatic rings. The third-order valence-corrected chi connectivity index (χ3v) is 4.55. The summed E-state index contributed by atoms with van der Waals surface area (Å²) in [6.07, 6.45) is 0. The van der Waals surface area contributed by atoms with E-state index in [-0.39, 0.29) is 24.4 Å². The van der Waals surface area contributed by atoms with E-state index < -0.39 is 0 Å². The molecule has 2 aromatic carbocycles. The molecule has 0 saturated carbocycles. The molecule has 0 fully saturated rings. The van der Waals surface area contributed by atoms with Crippen molar-refractivity contribution in [1.82, 2.24) is 5.32 Å². The molecule has 2 rings (SSSR count). The van der Waals surface area contributed by atoms with E-state index in [0.717, 1.165) is 5.56 Å². The Morgan fingerprint density at radius 3 is 2.44 bits per heavy atom. The quantitative estimate of drug-likeness (QED) is 0.638. The van der Waals surface area contributed by atoms with E-state index in [0.29, 0.717) is 27.2 Å². The van der Waals surface area contributed by atoms with Crippen molar-refractivity contribution in [1.29, 1.82) is 0 Å². The number of ether oxygens (including phenoxy) is 1. The smallest absolute Gasteiger partial charge is 0.238 e. The van der Waals surface area contributed by atoms with Gasteiger partial charge in [0.25, 0.3) is 0 Å². The molecule has 0 bridgehead atoms. The molecule has 2 amide bonds. The topological polar surface area (TPSA) is 79.5 Å². The number of methoxy groups -OCH3 is 1. The second-order valence-electron chi connectivity index (χ2n) is 5.92. The number of nitrogens with one attached hydrogen (secondary N) is 3. The van der Waals surface area contributed by atoms with Crippen molar-refractivity contribution >= 4 is 46.4 Å². The Bertz CT molecular complexity index is 843. The first-order valence-corrected chi connectivity index (χ1v) is 8.99. The molecule has 8 heteroatoms. The SMILES string of the molecule is COc1ccc(NC(C)=O)cc1NC(=O)CNC(C)c1ccc(Cl)c(Cl)c1. The van der Waals surface area contributed by atoms with Crippen molar-refractivity contribution in [2.75, 3.05) is 24.3 Å². The number of halogens is 2. The van der Waals surface area contributed by atoms with Gasteiger partial charge in [-0.05, 0) is 42.8 Å². The molecule has 0 saturated heterocycles. The van der Waals surface area contributed by atoms with Gasteiger partial charge >= 0.3 is 0 Å². The Hall–Kier alpha value is -2.28. The number of carbonyl (C=O) groups excluding carboxylic acids is 2. The van der Waals surface area contributed by atoms with E-state index in [1.165, 1.54) is 14.0 Å².